The second-order valence-electron chi connectivity index (χ2n) is 4.87. The Morgan fingerprint density at radius 2 is 2.25 bits per heavy atom. The zero-order valence-corrected chi connectivity index (χ0v) is 11.0. The highest BCUT2D eigenvalue weighted by Gasteiger charge is 2.17. The Hall–Kier alpha value is -0.120. The second kappa shape index (κ2) is 8.04. The SMILES string of the molecule is CCCNC(C)CC(C)OCC1CCCO1. The first-order valence-electron chi connectivity index (χ1n) is 6.69. The van der Waals surface area contributed by atoms with Crippen LogP contribution in [0, 0.1) is 0 Å². The van der Waals surface area contributed by atoms with E-state index in [0.717, 1.165) is 32.6 Å². The molecule has 0 aromatic carbocycles. The van der Waals surface area contributed by atoms with Gasteiger partial charge in [0.1, 0.15) is 0 Å². The van der Waals surface area contributed by atoms with Gasteiger partial charge >= 0.3 is 0 Å². The van der Waals surface area contributed by atoms with E-state index in [1.54, 1.807) is 0 Å². The molecule has 96 valence electrons. The molecular formula is C13H27NO2. The highest BCUT2D eigenvalue weighted by atomic mass is 16.5. The van der Waals surface area contributed by atoms with E-state index in [-0.39, 0.29) is 0 Å². The van der Waals surface area contributed by atoms with Crippen LogP contribution < -0.4 is 5.32 Å². The smallest absolute Gasteiger partial charge is 0.0809 e. The average molecular weight is 229 g/mol. The number of rotatable bonds is 8. The van der Waals surface area contributed by atoms with Crippen molar-refractivity contribution in [1.29, 1.82) is 0 Å². The van der Waals surface area contributed by atoms with Gasteiger partial charge in [-0.25, -0.2) is 0 Å². The van der Waals surface area contributed by atoms with Crippen molar-refractivity contribution in [3.05, 3.63) is 0 Å². The van der Waals surface area contributed by atoms with E-state index < -0.39 is 0 Å². The van der Waals surface area contributed by atoms with E-state index in [4.69, 9.17) is 9.47 Å². The summed E-state index contributed by atoms with van der Waals surface area (Å²) in [6.07, 6.45) is 5.29. The lowest BCUT2D eigenvalue weighted by atomic mass is 10.1. The Morgan fingerprint density at radius 1 is 1.44 bits per heavy atom. The Balaban J connectivity index is 2.02. The summed E-state index contributed by atoms with van der Waals surface area (Å²) in [5.74, 6) is 0. The molecule has 3 atom stereocenters. The highest BCUT2D eigenvalue weighted by molar-refractivity contribution is 4.67. The quantitative estimate of drug-likeness (QED) is 0.693. The van der Waals surface area contributed by atoms with E-state index in [0.29, 0.717) is 18.2 Å². The normalized spacial score (nSPS) is 24.6. The summed E-state index contributed by atoms with van der Waals surface area (Å²) in [6, 6.07) is 0.541. The first kappa shape index (κ1) is 13.9. The summed E-state index contributed by atoms with van der Waals surface area (Å²) in [7, 11) is 0. The summed E-state index contributed by atoms with van der Waals surface area (Å²) in [4.78, 5) is 0. The summed E-state index contributed by atoms with van der Waals surface area (Å²) in [6.45, 7) is 9.34. The number of hydrogen-bond acceptors (Lipinski definition) is 3. The minimum absolute atomic E-state index is 0.323. The molecule has 1 rings (SSSR count). The molecular weight excluding hydrogens is 202 g/mol. The van der Waals surface area contributed by atoms with Gasteiger partial charge in [-0.2, -0.15) is 0 Å². The van der Waals surface area contributed by atoms with Gasteiger partial charge in [0.25, 0.3) is 0 Å². The molecule has 3 heteroatoms. The summed E-state index contributed by atoms with van der Waals surface area (Å²) >= 11 is 0. The molecule has 0 aromatic heterocycles. The van der Waals surface area contributed by atoms with Crippen LogP contribution in [0.5, 0.6) is 0 Å². The Morgan fingerprint density at radius 3 is 2.88 bits per heavy atom. The van der Waals surface area contributed by atoms with Gasteiger partial charge in [-0.1, -0.05) is 6.92 Å². The average Bonchev–Trinajstić information content (AvgIpc) is 2.76. The molecule has 3 nitrogen and oxygen atoms in total. The topological polar surface area (TPSA) is 30.5 Å². The molecule has 0 bridgehead atoms. The maximum Gasteiger partial charge on any atom is 0.0809 e. The van der Waals surface area contributed by atoms with Crippen molar-refractivity contribution >= 4 is 0 Å². The van der Waals surface area contributed by atoms with Crippen LogP contribution in [0.3, 0.4) is 0 Å². The molecule has 3 unspecified atom stereocenters. The van der Waals surface area contributed by atoms with Gasteiger partial charge in [0.15, 0.2) is 0 Å². The maximum absolute atomic E-state index is 5.81. The number of hydrogen-bond donors (Lipinski definition) is 1. The molecule has 0 radical (unpaired) electrons. The van der Waals surface area contributed by atoms with E-state index in [1.165, 1.54) is 12.8 Å². The van der Waals surface area contributed by atoms with Gasteiger partial charge < -0.3 is 14.8 Å². The van der Waals surface area contributed by atoms with Crippen LogP contribution >= 0.6 is 0 Å². The lowest BCUT2D eigenvalue weighted by molar-refractivity contribution is -0.0188. The third-order valence-corrected chi connectivity index (χ3v) is 3.02. The molecule has 1 aliphatic rings. The monoisotopic (exact) mass is 229 g/mol. The molecule has 16 heavy (non-hydrogen) atoms. The molecule has 1 N–H and O–H groups in total. The molecule has 0 spiro atoms. The predicted octanol–water partition coefficient (Wildman–Crippen LogP) is 2.35. The van der Waals surface area contributed by atoms with Crippen LogP contribution in [0.15, 0.2) is 0 Å². The second-order valence-corrected chi connectivity index (χ2v) is 4.87. The first-order valence-corrected chi connectivity index (χ1v) is 6.69. The van der Waals surface area contributed by atoms with Gasteiger partial charge in [-0.05, 0) is 46.1 Å². The Kier molecular flexibility index (Phi) is 7.01. The fourth-order valence-corrected chi connectivity index (χ4v) is 2.09. The molecule has 1 aliphatic heterocycles. The van der Waals surface area contributed by atoms with Crippen molar-refractivity contribution in [2.75, 3.05) is 19.8 Å². The van der Waals surface area contributed by atoms with Gasteiger partial charge in [-0.15, -0.1) is 0 Å². The van der Waals surface area contributed by atoms with Gasteiger partial charge in [0.05, 0.1) is 18.8 Å². The van der Waals surface area contributed by atoms with Gasteiger partial charge in [0, 0.05) is 12.6 Å². The van der Waals surface area contributed by atoms with Crippen molar-refractivity contribution < 1.29 is 9.47 Å². The maximum atomic E-state index is 5.81. The standard InChI is InChI=1S/C13H27NO2/c1-4-7-14-11(2)9-12(3)16-10-13-6-5-8-15-13/h11-14H,4-10H2,1-3H3. The van der Waals surface area contributed by atoms with E-state index >= 15 is 0 Å². The lowest BCUT2D eigenvalue weighted by Gasteiger charge is -2.20. The van der Waals surface area contributed by atoms with Crippen molar-refractivity contribution in [2.24, 2.45) is 0 Å². The zero-order chi connectivity index (χ0) is 11.8. The molecule has 0 aromatic rings. The predicted molar refractivity (Wildman–Crippen MR) is 66.8 cm³/mol. The minimum Gasteiger partial charge on any atom is -0.376 e. The molecule has 0 amide bonds. The van der Waals surface area contributed by atoms with Gasteiger partial charge in [0.2, 0.25) is 0 Å². The number of ether oxygens (including phenoxy) is 2. The van der Waals surface area contributed by atoms with Gasteiger partial charge in [-0.3, -0.25) is 0 Å². The minimum atomic E-state index is 0.323. The highest BCUT2D eigenvalue weighted by Crippen LogP contribution is 2.13. The molecule has 0 aliphatic carbocycles. The Labute approximate surface area is 99.9 Å². The third-order valence-electron chi connectivity index (χ3n) is 3.02. The van der Waals surface area contributed by atoms with Crippen LogP contribution in [0.2, 0.25) is 0 Å². The molecule has 0 saturated carbocycles. The van der Waals surface area contributed by atoms with Crippen molar-refractivity contribution in [3.63, 3.8) is 0 Å². The number of nitrogens with one attached hydrogen (secondary N) is 1. The fraction of sp³-hybridized carbons (Fsp3) is 1.00. The molecule has 1 fully saturated rings. The first-order chi connectivity index (χ1) is 7.72. The van der Waals surface area contributed by atoms with Crippen LogP contribution in [0.4, 0.5) is 0 Å². The fourth-order valence-electron chi connectivity index (χ4n) is 2.09. The summed E-state index contributed by atoms with van der Waals surface area (Å²) in [5.41, 5.74) is 0. The largest absolute Gasteiger partial charge is 0.376 e. The van der Waals surface area contributed by atoms with Crippen LogP contribution in [-0.4, -0.2) is 38.0 Å². The van der Waals surface area contributed by atoms with Crippen molar-refractivity contribution in [3.8, 4) is 0 Å². The van der Waals surface area contributed by atoms with E-state index in [2.05, 4.69) is 26.1 Å². The summed E-state index contributed by atoms with van der Waals surface area (Å²) in [5, 5.41) is 3.48. The molecule has 1 heterocycles. The Bertz CT molecular complexity index is 169. The van der Waals surface area contributed by atoms with Crippen LogP contribution in [-0.2, 0) is 9.47 Å². The zero-order valence-electron chi connectivity index (χ0n) is 11.0. The van der Waals surface area contributed by atoms with Crippen molar-refractivity contribution in [2.45, 2.75) is 64.7 Å². The van der Waals surface area contributed by atoms with Crippen molar-refractivity contribution in [1.82, 2.24) is 5.32 Å². The summed E-state index contributed by atoms with van der Waals surface area (Å²) < 4.78 is 11.3. The van der Waals surface area contributed by atoms with E-state index in [1.807, 2.05) is 0 Å². The third kappa shape index (κ3) is 5.83. The van der Waals surface area contributed by atoms with Crippen LogP contribution in [0.25, 0.3) is 0 Å². The van der Waals surface area contributed by atoms with Crippen LogP contribution in [0.1, 0.15) is 46.5 Å². The molecule has 1 saturated heterocycles. The lowest BCUT2D eigenvalue weighted by Crippen LogP contribution is -2.31. The van der Waals surface area contributed by atoms with E-state index in [9.17, 15) is 0 Å².